The normalized spacial score (nSPS) is 13.1. The third-order valence-corrected chi connectivity index (χ3v) is 4.95. The first-order chi connectivity index (χ1) is 10.3. The lowest BCUT2D eigenvalue weighted by molar-refractivity contribution is 0.0696. The second-order valence-electron chi connectivity index (χ2n) is 4.78. The topological polar surface area (TPSA) is 104 Å². The van der Waals surface area contributed by atoms with Crippen molar-refractivity contribution in [2.45, 2.75) is 0 Å². The molecule has 0 saturated carbocycles. The first kappa shape index (κ1) is 15.8. The van der Waals surface area contributed by atoms with Crippen molar-refractivity contribution in [3.05, 3.63) is 59.7 Å². The highest BCUT2D eigenvalue weighted by molar-refractivity contribution is 7.72. The third-order valence-electron chi connectivity index (χ3n) is 3.02. The molecule has 0 fully saturated rings. The summed E-state index contributed by atoms with van der Waals surface area (Å²) in [4.78, 5) is 22.2. The van der Waals surface area contributed by atoms with Gasteiger partial charge in [0.15, 0.2) is 7.29 Å². The Hall–Kier alpha value is -2.59. The number of nitrogens with one attached hydrogen (secondary N) is 1. The van der Waals surface area contributed by atoms with Gasteiger partial charge < -0.3 is 15.3 Å². The van der Waals surface area contributed by atoms with Crippen LogP contribution in [0.25, 0.3) is 0 Å². The summed E-state index contributed by atoms with van der Waals surface area (Å²) in [5.74, 6) is -2.55. The summed E-state index contributed by atoms with van der Waals surface area (Å²) < 4.78 is 12.8. The number of benzene rings is 2. The molecule has 1 atom stereocenters. The van der Waals surface area contributed by atoms with E-state index in [2.05, 4.69) is 5.09 Å². The molecule has 0 amide bonds. The van der Waals surface area contributed by atoms with Crippen LogP contribution in [0.5, 0.6) is 0 Å². The minimum atomic E-state index is -3.18. The molecule has 0 aromatic heterocycles. The van der Waals surface area contributed by atoms with Crippen LogP contribution in [-0.4, -0.2) is 28.8 Å². The lowest BCUT2D eigenvalue weighted by Gasteiger charge is -2.17. The minimum absolute atomic E-state index is 0.147. The molecule has 2 aromatic carbocycles. The fourth-order valence-electron chi connectivity index (χ4n) is 1.93. The lowest BCUT2D eigenvalue weighted by Crippen LogP contribution is -2.16. The molecule has 2 aromatic rings. The van der Waals surface area contributed by atoms with Gasteiger partial charge >= 0.3 is 11.9 Å². The number of carboxylic acid groups (broad SMARTS) is 2. The van der Waals surface area contributed by atoms with E-state index in [9.17, 15) is 14.2 Å². The number of carboxylic acids is 2. The van der Waals surface area contributed by atoms with Crippen molar-refractivity contribution in [2.24, 2.45) is 0 Å². The van der Waals surface area contributed by atoms with Gasteiger partial charge in [-0.15, -0.1) is 0 Å². The Labute approximate surface area is 126 Å². The second kappa shape index (κ2) is 6.03. The standard InChI is InChI=1S/C15H14NO5P/c1-22(21,16-12-5-3-2-4-6-12)13-8-10(14(17)18)7-11(9-13)15(19)20/h2-9H,1H3,(H,16,21)(H,17,18)(H,19,20). The summed E-state index contributed by atoms with van der Waals surface area (Å²) in [6, 6.07) is 12.3. The molecule has 0 heterocycles. The Kier molecular flexibility index (Phi) is 4.33. The molecule has 0 bridgehead atoms. The Bertz CT molecular complexity index is 741. The van der Waals surface area contributed by atoms with Crippen molar-refractivity contribution >= 4 is 30.2 Å². The maximum absolute atomic E-state index is 12.8. The van der Waals surface area contributed by atoms with E-state index in [1.54, 1.807) is 30.3 Å². The van der Waals surface area contributed by atoms with Crippen molar-refractivity contribution in [2.75, 3.05) is 11.8 Å². The maximum atomic E-state index is 12.8. The Balaban J connectivity index is 2.47. The number of hydrogen-bond acceptors (Lipinski definition) is 3. The van der Waals surface area contributed by atoms with E-state index in [4.69, 9.17) is 10.2 Å². The molecule has 0 spiro atoms. The Morgan fingerprint density at radius 1 is 0.955 bits per heavy atom. The zero-order valence-electron chi connectivity index (χ0n) is 11.7. The van der Waals surface area contributed by atoms with Crippen LogP contribution in [0.3, 0.4) is 0 Å². The van der Waals surface area contributed by atoms with Gasteiger partial charge in [0.05, 0.1) is 11.1 Å². The van der Waals surface area contributed by atoms with Crippen LogP contribution in [0.2, 0.25) is 0 Å². The average molecular weight is 319 g/mol. The SMILES string of the molecule is CP(=O)(Nc1ccccc1)c1cc(C(=O)O)cc(C(=O)O)c1. The molecular formula is C15H14NO5P. The zero-order chi connectivity index (χ0) is 16.3. The van der Waals surface area contributed by atoms with Crippen molar-refractivity contribution in [1.29, 1.82) is 0 Å². The number of hydrogen-bond donors (Lipinski definition) is 3. The fraction of sp³-hybridized carbons (Fsp3) is 0.0667. The van der Waals surface area contributed by atoms with Gasteiger partial charge in [-0.25, -0.2) is 9.59 Å². The summed E-state index contributed by atoms with van der Waals surface area (Å²) in [5, 5.41) is 21.1. The monoisotopic (exact) mass is 319 g/mol. The highest BCUT2D eigenvalue weighted by Gasteiger charge is 2.22. The largest absolute Gasteiger partial charge is 0.478 e. The van der Waals surface area contributed by atoms with Gasteiger partial charge in [-0.1, -0.05) is 18.2 Å². The van der Waals surface area contributed by atoms with E-state index >= 15 is 0 Å². The number of rotatable bonds is 5. The van der Waals surface area contributed by atoms with Gasteiger partial charge in [-0.3, -0.25) is 4.57 Å². The summed E-state index contributed by atoms with van der Waals surface area (Å²) in [6.45, 7) is 1.42. The molecule has 2 rings (SSSR count). The predicted molar refractivity (Wildman–Crippen MR) is 83.6 cm³/mol. The van der Waals surface area contributed by atoms with E-state index in [0.717, 1.165) is 6.07 Å². The van der Waals surface area contributed by atoms with Crippen LogP contribution < -0.4 is 10.4 Å². The highest BCUT2D eigenvalue weighted by atomic mass is 31.2. The third kappa shape index (κ3) is 3.54. The molecular weight excluding hydrogens is 305 g/mol. The van der Waals surface area contributed by atoms with Gasteiger partial charge in [0.1, 0.15) is 0 Å². The molecule has 0 aliphatic heterocycles. The number of para-hydroxylation sites is 1. The smallest absolute Gasteiger partial charge is 0.335 e. The van der Waals surface area contributed by atoms with Crippen molar-refractivity contribution in [3.63, 3.8) is 0 Å². The van der Waals surface area contributed by atoms with E-state index in [-0.39, 0.29) is 16.4 Å². The molecule has 22 heavy (non-hydrogen) atoms. The van der Waals surface area contributed by atoms with E-state index in [0.29, 0.717) is 5.69 Å². The summed E-state index contributed by atoms with van der Waals surface area (Å²) in [6.07, 6.45) is 0. The number of carbonyl (C=O) groups is 2. The van der Waals surface area contributed by atoms with Gasteiger partial charge in [-0.2, -0.15) is 0 Å². The second-order valence-corrected chi connectivity index (χ2v) is 7.37. The van der Waals surface area contributed by atoms with Crippen LogP contribution in [-0.2, 0) is 4.57 Å². The molecule has 1 unspecified atom stereocenters. The quantitative estimate of drug-likeness (QED) is 0.732. The lowest BCUT2D eigenvalue weighted by atomic mass is 10.1. The van der Waals surface area contributed by atoms with Crippen LogP contribution in [0.15, 0.2) is 48.5 Å². The molecule has 7 heteroatoms. The molecule has 6 nitrogen and oxygen atoms in total. The summed E-state index contributed by atoms with van der Waals surface area (Å²) in [5.41, 5.74) is 0.171. The van der Waals surface area contributed by atoms with Crippen LogP contribution in [0.1, 0.15) is 20.7 Å². The van der Waals surface area contributed by atoms with Crippen molar-refractivity contribution in [1.82, 2.24) is 0 Å². The first-order valence-corrected chi connectivity index (χ1v) is 8.48. The molecule has 0 aliphatic carbocycles. The number of anilines is 1. The average Bonchev–Trinajstić information content (AvgIpc) is 2.47. The number of aromatic carboxylic acids is 2. The predicted octanol–water partition coefficient (Wildman–Crippen LogP) is 2.73. The fourth-order valence-corrected chi connectivity index (χ4v) is 3.47. The molecule has 0 radical (unpaired) electrons. The summed E-state index contributed by atoms with van der Waals surface area (Å²) in [7, 11) is -3.18. The van der Waals surface area contributed by atoms with E-state index in [1.807, 2.05) is 0 Å². The Morgan fingerprint density at radius 3 is 1.91 bits per heavy atom. The van der Waals surface area contributed by atoms with E-state index in [1.165, 1.54) is 18.8 Å². The molecule has 114 valence electrons. The molecule has 0 aliphatic rings. The molecule has 3 N–H and O–H groups in total. The minimum Gasteiger partial charge on any atom is -0.478 e. The van der Waals surface area contributed by atoms with Crippen molar-refractivity contribution < 1.29 is 24.4 Å². The van der Waals surface area contributed by atoms with Crippen molar-refractivity contribution in [3.8, 4) is 0 Å². The van der Waals surface area contributed by atoms with Crippen LogP contribution in [0, 0.1) is 0 Å². The zero-order valence-corrected chi connectivity index (χ0v) is 12.6. The van der Waals surface area contributed by atoms with E-state index < -0.39 is 19.2 Å². The van der Waals surface area contributed by atoms with Gasteiger partial charge in [0.25, 0.3) is 0 Å². The van der Waals surface area contributed by atoms with Gasteiger partial charge in [-0.05, 0) is 30.3 Å². The van der Waals surface area contributed by atoms with Crippen LogP contribution in [0.4, 0.5) is 5.69 Å². The highest BCUT2D eigenvalue weighted by Crippen LogP contribution is 2.40. The molecule has 0 saturated heterocycles. The first-order valence-electron chi connectivity index (χ1n) is 6.33. The van der Waals surface area contributed by atoms with Gasteiger partial charge in [0.2, 0.25) is 0 Å². The summed E-state index contributed by atoms with van der Waals surface area (Å²) >= 11 is 0. The van der Waals surface area contributed by atoms with Gasteiger partial charge in [0, 0.05) is 17.7 Å². The van der Waals surface area contributed by atoms with Crippen LogP contribution >= 0.6 is 7.29 Å². The Morgan fingerprint density at radius 2 is 1.45 bits per heavy atom. The maximum Gasteiger partial charge on any atom is 0.335 e.